The molecule has 0 saturated carbocycles. The number of pyridine rings is 1. The second-order valence-corrected chi connectivity index (χ2v) is 5.90. The van der Waals surface area contributed by atoms with Crippen LogP contribution in [-0.4, -0.2) is 44.0 Å². The molecule has 2 heterocycles. The SMILES string of the molecule is COCCCN(Cc1ccccn1)Cc1cc2c(cc1OC)OCO2. The number of methoxy groups -OCH3 is 2. The van der Waals surface area contributed by atoms with E-state index in [-0.39, 0.29) is 6.79 Å². The first-order valence-corrected chi connectivity index (χ1v) is 8.38. The third kappa shape index (κ3) is 4.61. The summed E-state index contributed by atoms with van der Waals surface area (Å²) in [5.41, 5.74) is 2.11. The van der Waals surface area contributed by atoms with Crippen LogP contribution in [0.3, 0.4) is 0 Å². The largest absolute Gasteiger partial charge is 0.496 e. The average molecular weight is 344 g/mol. The molecule has 3 rings (SSSR count). The van der Waals surface area contributed by atoms with E-state index in [0.29, 0.717) is 0 Å². The number of fused-ring (bicyclic) bond motifs is 1. The van der Waals surface area contributed by atoms with Crippen LogP contribution in [0, 0.1) is 0 Å². The van der Waals surface area contributed by atoms with Crippen molar-refractivity contribution in [2.75, 3.05) is 34.2 Å². The second-order valence-electron chi connectivity index (χ2n) is 5.90. The zero-order chi connectivity index (χ0) is 17.5. The number of aromatic nitrogens is 1. The van der Waals surface area contributed by atoms with Gasteiger partial charge in [0.05, 0.1) is 12.8 Å². The van der Waals surface area contributed by atoms with Gasteiger partial charge in [0.2, 0.25) is 6.79 Å². The van der Waals surface area contributed by atoms with E-state index in [4.69, 9.17) is 18.9 Å². The first-order valence-electron chi connectivity index (χ1n) is 8.38. The molecule has 0 spiro atoms. The van der Waals surface area contributed by atoms with Gasteiger partial charge in [0, 0.05) is 51.2 Å². The lowest BCUT2D eigenvalue weighted by Gasteiger charge is -2.23. The normalized spacial score (nSPS) is 12.6. The van der Waals surface area contributed by atoms with Crippen molar-refractivity contribution in [1.82, 2.24) is 9.88 Å². The summed E-state index contributed by atoms with van der Waals surface area (Å²) >= 11 is 0. The van der Waals surface area contributed by atoms with Crippen LogP contribution in [0.2, 0.25) is 0 Å². The Kier molecular flexibility index (Phi) is 6.09. The lowest BCUT2D eigenvalue weighted by atomic mass is 10.1. The summed E-state index contributed by atoms with van der Waals surface area (Å²) in [5, 5.41) is 0. The highest BCUT2D eigenvalue weighted by Gasteiger charge is 2.19. The maximum Gasteiger partial charge on any atom is 0.231 e. The molecule has 1 aliphatic heterocycles. The molecule has 1 aliphatic rings. The fourth-order valence-electron chi connectivity index (χ4n) is 2.89. The van der Waals surface area contributed by atoms with Gasteiger partial charge in [-0.2, -0.15) is 0 Å². The van der Waals surface area contributed by atoms with Gasteiger partial charge in [0.15, 0.2) is 11.5 Å². The Balaban J connectivity index is 1.76. The Bertz CT molecular complexity index is 679. The third-order valence-corrected chi connectivity index (χ3v) is 4.10. The minimum Gasteiger partial charge on any atom is -0.496 e. The lowest BCUT2D eigenvalue weighted by Crippen LogP contribution is -2.25. The Morgan fingerprint density at radius 3 is 2.68 bits per heavy atom. The van der Waals surface area contributed by atoms with Gasteiger partial charge in [-0.3, -0.25) is 9.88 Å². The van der Waals surface area contributed by atoms with Crippen molar-refractivity contribution in [3.8, 4) is 17.2 Å². The maximum atomic E-state index is 5.54. The van der Waals surface area contributed by atoms with Crippen LogP contribution in [-0.2, 0) is 17.8 Å². The molecule has 134 valence electrons. The quantitative estimate of drug-likeness (QED) is 0.652. The lowest BCUT2D eigenvalue weighted by molar-refractivity contribution is 0.165. The second kappa shape index (κ2) is 8.69. The van der Waals surface area contributed by atoms with E-state index < -0.39 is 0 Å². The van der Waals surface area contributed by atoms with E-state index in [1.54, 1.807) is 14.2 Å². The van der Waals surface area contributed by atoms with Gasteiger partial charge in [0.1, 0.15) is 5.75 Å². The fourth-order valence-corrected chi connectivity index (χ4v) is 2.89. The summed E-state index contributed by atoms with van der Waals surface area (Å²) in [7, 11) is 3.40. The van der Waals surface area contributed by atoms with Crippen molar-refractivity contribution >= 4 is 0 Å². The maximum absolute atomic E-state index is 5.54. The molecule has 0 unspecified atom stereocenters. The average Bonchev–Trinajstić information content (AvgIpc) is 3.09. The summed E-state index contributed by atoms with van der Waals surface area (Å²) in [5.74, 6) is 2.31. The van der Waals surface area contributed by atoms with E-state index in [2.05, 4.69) is 9.88 Å². The predicted molar refractivity (Wildman–Crippen MR) is 94.0 cm³/mol. The van der Waals surface area contributed by atoms with Gasteiger partial charge in [-0.25, -0.2) is 0 Å². The Labute approximate surface area is 148 Å². The Morgan fingerprint density at radius 2 is 1.96 bits per heavy atom. The molecule has 6 heteroatoms. The van der Waals surface area contributed by atoms with Crippen molar-refractivity contribution in [2.24, 2.45) is 0 Å². The number of ether oxygens (including phenoxy) is 4. The van der Waals surface area contributed by atoms with Crippen LogP contribution >= 0.6 is 0 Å². The molecule has 6 nitrogen and oxygen atoms in total. The highest BCUT2D eigenvalue weighted by molar-refractivity contribution is 5.51. The smallest absolute Gasteiger partial charge is 0.231 e. The molecule has 0 aliphatic carbocycles. The van der Waals surface area contributed by atoms with Crippen molar-refractivity contribution < 1.29 is 18.9 Å². The van der Waals surface area contributed by atoms with Gasteiger partial charge in [-0.15, -0.1) is 0 Å². The van der Waals surface area contributed by atoms with Crippen molar-refractivity contribution in [3.63, 3.8) is 0 Å². The monoisotopic (exact) mass is 344 g/mol. The fraction of sp³-hybridized carbons (Fsp3) is 0.421. The first-order chi connectivity index (χ1) is 12.3. The zero-order valence-electron chi connectivity index (χ0n) is 14.7. The molecule has 0 radical (unpaired) electrons. The molecular formula is C19H24N2O4. The molecule has 0 fully saturated rings. The zero-order valence-corrected chi connectivity index (χ0v) is 14.7. The van der Waals surface area contributed by atoms with Gasteiger partial charge < -0.3 is 18.9 Å². The first kappa shape index (κ1) is 17.5. The minimum absolute atomic E-state index is 0.257. The van der Waals surface area contributed by atoms with E-state index in [0.717, 1.165) is 61.2 Å². The molecule has 0 bridgehead atoms. The van der Waals surface area contributed by atoms with Crippen molar-refractivity contribution in [1.29, 1.82) is 0 Å². The third-order valence-electron chi connectivity index (χ3n) is 4.10. The van der Waals surface area contributed by atoms with E-state index in [9.17, 15) is 0 Å². The van der Waals surface area contributed by atoms with E-state index in [1.807, 2.05) is 36.5 Å². The Morgan fingerprint density at radius 1 is 1.12 bits per heavy atom. The summed E-state index contributed by atoms with van der Waals surface area (Å²) in [6.07, 6.45) is 2.78. The molecule has 0 saturated heterocycles. The number of benzene rings is 1. The molecule has 1 aromatic carbocycles. The van der Waals surface area contributed by atoms with Crippen LogP contribution in [0.1, 0.15) is 17.7 Å². The molecule has 2 aromatic rings. The van der Waals surface area contributed by atoms with Crippen molar-refractivity contribution in [2.45, 2.75) is 19.5 Å². The Hall–Kier alpha value is -2.31. The van der Waals surface area contributed by atoms with Crippen LogP contribution in [0.4, 0.5) is 0 Å². The van der Waals surface area contributed by atoms with Crippen LogP contribution in [0.25, 0.3) is 0 Å². The number of nitrogens with zero attached hydrogens (tertiary/aromatic N) is 2. The van der Waals surface area contributed by atoms with Gasteiger partial charge in [-0.05, 0) is 24.6 Å². The van der Waals surface area contributed by atoms with Gasteiger partial charge in [0.25, 0.3) is 0 Å². The molecule has 0 amide bonds. The molecule has 25 heavy (non-hydrogen) atoms. The van der Waals surface area contributed by atoms with Crippen molar-refractivity contribution in [3.05, 3.63) is 47.8 Å². The predicted octanol–water partition coefficient (Wildman–Crippen LogP) is 2.86. The standard InChI is InChI=1S/C19H24N2O4/c1-22-9-5-8-21(13-16-6-3-4-7-20-16)12-15-10-18-19(25-14-24-18)11-17(15)23-2/h3-4,6-7,10-11H,5,8-9,12-14H2,1-2H3. The number of hydrogen-bond acceptors (Lipinski definition) is 6. The topological polar surface area (TPSA) is 53.1 Å². The van der Waals surface area contributed by atoms with Crippen LogP contribution in [0.15, 0.2) is 36.5 Å². The summed E-state index contributed by atoms with van der Waals surface area (Å²) in [6.45, 7) is 3.40. The van der Waals surface area contributed by atoms with Crippen LogP contribution in [0.5, 0.6) is 17.2 Å². The summed E-state index contributed by atoms with van der Waals surface area (Å²) < 4.78 is 21.7. The molecule has 0 atom stereocenters. The van der Waals surface area contributed by atoms with E-state index >= 15 is 0 Å². The minimum atomic E-state index is 0.257. The van der Waals surface area contributed by atoms with Gasteiger partial charge >= 0.3 is 0 Å². The van der Waals surface area contributed by atoms with E-state index in [1.165, 1.54) is 0 Å². The van der Waals surface area contributed by atoms with Gasteiger partial charge in [-0.1, -0.05) is 6.07 Å². The summed E-state index contributed by atoms with van der Waals surface area (Å²) in [4.78, 5) is 6.77. The van der Waals surface area contributed by atoms with Crippen LogP contribution < -0.4 is 14.2 Å². The number of rotatable bonds is 9. The summed E-state index contributed by atoms with van der Waals surface area (Å²) in [6, 6.07) is 9.88. The molecular weight excluding hydrogens is 320 g/mol. The molecule has 1 aromatic heterocycles. The number of hydrogen-bond donors (Lipinski definition) is 0. The highest BCUT2D eigenvalue weighted by atomic mass is 16.7. The highest BCUT2D eigenvalue weighted by Crippen LogP contribution is 2.38. The molecule has 0 N–H and O–H groups in total.